The molecule has 326 valence electrons. The Hall–Kier alpha value is -9.18. The molecule has 0 radical (unpaired) electrons. The predicted octanol–water partition coefficient (Wildman–Crippen LogP) is 18.9. The molecule has 0 spiro atoms. The highest BCUT2D eigenvalue weighted by Crippen LogP contribution is 2.46. The van der Waals surface area contributed by atoms with Crippen molar-refractivity contribution in [1.82, 2.24) is 0 Å². The molecule has 0 saturated carbocycles. The zero-order valence-corrected chi connectivity index (χ0v) is 37.9. The van der Waals surface area contributed by atoms with Crippen molar-refractivity contribution < 1.29 is 4.42 Å². The Balaban J connectivity index is 0.983. The van der Waals surface area contributed by atoms with E-state index in [0.717, 1.165) is 101 Å². The van der Waals surface area contributed by atoms with Gasteiger partial charge in [0, 0.05) is 50.7 Å². The maximum Gasteiger partial charge on any atom is 0.137 e. The quantitative estimate of drug-likeness (QED) is 0.129. The summed E-state index contributed by atoms with van der Waals surface area (Å²) in [5.74, 6) is 0. The number of anilines is 6. The summed E-state index contributed by atoms with van der Waals surface area (Å²) < 4.78 is 6.70. The van der Waals surface area contributed by atoms with Crippen LogP contribution in [0.5, 0.6) is 0 Å². The third kappa shape index (κ3) is 8.13. The smallest absolute Gasteiger partial charge is 0.137 e. The Labute approximate surface area is 403 Å². The second kappa shape index (κ2) is 18.2. The van der Waals surface area contributed by atoms with Gasteiger partial charge in [-0.1, -0.05) is 200 Å². The average Bonchev–Trinajstić information content (AvgIpc) is 3.80. The molecular weight excluding hydrogens is 837 g/mol. The molecule has 0 fully saturated rings. The number of benzene rings is 11. The lowest BCUT2D eigenvalue weighted by molar-refractivity contribution is 0.669. The van der Waals surface area contributed by atoms with Gasteiger partial charge < -0.3 is 14.2 Å². The van der Waals surface area contributed by atoms with Crippen LogP contribution in [0.3, 0.4) is 0 Å². The number of furan rings is 1. The second-order valence-corrected chi connectivity index (χ2v) is 17.3. The number of rotatable bonds is 11. The van der Waals surface area contributed by atoms with E-state index in [9.17, 15) is 0 Å². The Morgan fingerprint density at radius 3 is 1.13 bits per heavy atom. The van der Waals surface area contributed by atoms with Crippen LogP contribution in [-0.4, -0.2) is 0 Å². The van der Waals surface area contributed by atoms with E-state index in [1.807, 2.05) is 6.07 Å². The Bertz CT molecular complexity index is 3630. The van der Waals surface area contributed by atoms with Crippen LogP contribution in [0.1, 0.15) is 0 Å². The van der Waals surface area contributed by atoms with Gasteiger partial charge in [-0.15, -0.1) is 0 Å². The first-order valence-corrected chi connectivity index (χ1v) is 23.5. The van der Waals surface area contributed by atoms with Crippen molar-refractivity contribution in [3.8, 4) is 55.6 Å². The van der Waals surface area contributed by atoms with E-state index < -0.39 is 0 Å². The van der Waals surface area contributed by atoms with Crippen LogP contribution >= 0.6 is 0 Å². The van der Waals surface area contributed by atoms with Gasteiger partial charge in [0.1, 0.15) is 11.2 Å². The van der Waals surface area contributed by atoms with Crippen LogP contribution in [0.4, 0.5) is 34.1 Å². The van der Waals surface area contributed by atoms with Crippen LogP contribution in [0.25, 0.3) is 77.6 Å². The molecule has 0 aliphatic heterocycles. The largest absolute Gasteiger partial charge is 0.456 e. The molecule has 3 nitrogen and oxygen atoms in total. The topological polar surface area (TPSA) is 19.6 Å². The fourth-order valence-electron chi connectivity index (χ4n) is 9.71. The molecule has 1 aromatic heterocycles. The number of para-hydroxylation sites is 2. The standard InChI is InChI=1S/C66H46N2O/c1-5-19-47(20-6-1)49-35-38-55(39-36-49)67(58-40-42-62-61-41-37-54(48-21-7-2-8-22-48)45-65(61)69-66(62)46-58)56-29-17-27-52(43-56)53-28-18-30-57(44-53)68(63-33-15-13-31-59(63)50-23-9-3-10-24-50)64-34-16-14-32-60(64)51-25-11-4-12-26-51/h1-46H. The van der Waals surface area contributed by atoms with E-state index in [-0.39, 0.29) is 0 Å². The number of nitrogens with zero attached hydrogens (tertiary/aromatic N) is 2. The zero-order valence-electron chi connectivity index (χ0n) is 37.9. The van der Waals surface area contributed by atoms with Gasteiger partial charge in [-0.3, -0.25) is 0 Å². The predicted molar refractivity (Wildman–Crippen MR) is 290 cm³/mol. The molecule has 12 rings (SSSR count). The highest BCUT2D eigenvalue weighted by atomic mass is 16.3. The fourth-order valence-corrected chi connectivity index (χ4v) is 9.71. The fraction of sp³-hybridized carbons (Fsp3) is 0. The Kier molecular flexibility index (Phi) is 10.9. The summed E-state index contributed by atoms with van der Waals surface area (Å²) in [6.07, 6.45) is 0. The van der Waals surface area contributed by atoms with Crippen molar-refractivity contribution in [3.05, 3.63) is 279 Å². The third-order valence-corrected chi connectivity index (χ3v) is 13.1. The minimum Gasteiger partial charge on any atom is -0.456 e. The van der Waals surface area contributed by atoms with Gasteiger partial charge >= 0.3 is 0 Å². The number of hydrogen-bond acceptors (Lipinski definition) is 3. The molecule has 11 aromatic carbocycles. The summed E-state index contributed by atoms with van der Waals surface area (Å²) in [6, 6.07) is 99.7. The molecule has 12 aromatic rings. The van der Waals surface area contributed by atoms with E-state index in [2.05, 4.69) is 283 Å². The minimum absolute atomic E-state index is 0.842. The summed E-state index contributed by atoms with van der Waals surface area (Å²) >= 11 is 0. The molecule has 0 N–H and O–H groups in total. The Morgan fingerprint density at radius 2 is 0.580 bits per heavy atom. The highest BCUT2D eigenvalue weighted by molar-refractivity contribution is 6.07. The lowest BCUT2D eigenvalue weighted by atomic mass is 9.98. The van der Waals surface area contributed by atoms with Gasteiger partial charge in [0.05, 0.1) is 11.4 Å². The molecule has 0 atom stereocenters. The van der Waals surface area contributed by atoms with E-state index in [1.54, 1.807) is 0 Å². The molecular formula is C66H46N2O. The van der Waals surface area contributed by atoms with Gasteiger partial charge in [0.25, 0.3) is 0 Å². The number of fused-ring (bicyclic) bond motifs is 3. The van der Waals surface area contributed by atoms with Crippen molar-refractivity contribution in [1.29, 1.82) is 0 Å². The summed E-state index contributed by atoms with van der Waals surface area (Å²) in [5, 5.41) is 2.19. The van der Waals surface area contributed by atoms with Crippen LogP contribution in [0.15, 0.2) is 283 Å². The van der Waals surface area contributed by atoms with Crippen molar-refractivity contribution in [2.24, 2.45) is 0 Å². The van der Waals surface area contributed by atoms with Crippen molar-refractivity contribution in [2.45, 2.75) is 0 Å². The lowest BCUT2D eigenvalue weighted by Gasteiger charge is -2.30. The zero-order chi connectivity index (χ0) is 45.9. The first-order valence-electron chi connectivity index (χ1n) is 23.5. The maximum absolute atomic E-state index is 6.70. The van der Waals surface area contributed by atoms with Crippen LogP contribution < -0.4 is 9.80 Å². The molecule has 0 aliphatic carbocycles. The Morgan fingerprint density at radius 1 is 0.217 bits per heavy atom. The maximum atomic E-state index is 6.70. The van der Waals surface area contributed by atoms with E-state index in [0.29, 0.717) is 0 Å². The highest BCUT2D eigenvalue weighted by Gasteiger charge is 2.22. The van der Waals surface area contributed by atoms with E-state index >= 15 is 0 Å². The van der Waals surface area contributed by atoms with Gasteiger partial charge in [0.15, 0.2) is 0 Å². The molecule has 0 saturated heterocycles. The van der Waals surface area contributed by atoms with Gasteiger partial charge in [-0.05, 0) is 117 Å². The van der Waals surface area contributed by atoms with Gasteiger partial charge in [0.2, 0.25) is 0 Å². The minimum atomic E-state index is 0.842. The van der Waals surface area contributed by atoms with Crippen molar-refractivity contribution in [2.75, 3.05) is 9.80 Å². The molecule has 0 amide bonds. The summed E-state index contributed by atoms with van der Waals surface area (Å²) in [5.41, 5.74) is 19.5. The van der Waals surface area contributed by atoms with Gasteiger partial charge in [-0.25, -0.2) is 0 Å². The van der Waals surface area contributed by atoms with Crippen LogP contribution in [-0.2, 0) is 0 Å². The SMILES string of the molecule is c1ccc(-c2ccc(N(c3cccc(-c4cccc(N(c5ccccc5-c5ccccc5)c5ccccc5-c5ccccc5)c4)c3)c3ccc4c(c3)oc3cc(-c5ccccc5)ccc34)cc2)cc1. The molecule has 3 heteroatoms. The van der Waals surface area contributed by atoms with E-state index in [1.165, 1.54) is 11.1 Å². The lowest BCUT2D eigenvalue weighted by Crippen LogP contribution is -2.12. The van der Waals surface area contributed by atoms with E-state index in [4.69, 9.17) is 4.42 Å². The van der Waals surface area contributed by atoms with Crippen LogP contribution in [0.2, 0.25) is 0 Å². The molecule has 0 aliphatic rings. The summed E-state index contributed by atoms with van der Waals surface area (Å²) in [7, 11) is 0. The summed E-state index contributed by atoms with van der Waals surface area (Å²) in [6.45, 7) is 0. The van der Waals surface area contributed by atoms with Crippen LogP contribution in [0, 0.1) is 0 Å². The average molecular weight is 883 g/mol. The first kappa shape index (κ1) is 41.3. The van der Waals surface area contributed by atoms with Gasteiger partial charge in [-0.2, -0.15) is 0 Å². The molecule has 1 heterocycles. The molecule has 0 unspecified atom stereocenters. The summed E-state index contributed by atoms with van der Waals surface area (Å²) in [4.78, 5) is 4.76. The number of hydrogen-bond donors (Lipinski definition) is 0. The normalized spacial score (nSPS) is 11.2. The third-order valence-electron chi connectivity index (χ3n) is 13.1. The second-order valence-electron chi connectivity index (χ2n) is 17.3. The molecule has 69 heavy (non-hydrogen) atoms. The monoisotopic (exact) mass is 882 g/mol. The van der Waals surface area contributed by atoms with Crippen molar-refractivity contribution >= 4 is 56.1 Å². The van der Waals surface area contributed by atoms with Crippen molar-refractivity contribution in [3.63, 3.8) is 0 Å². The first-order chi connectivity index (χ1) is 34.2. The molecule has 0 bridgehead atoms.